The number of aliphatic hydroxyl groups is 1. The highest BCUT2D eigenvalue weighted by molar-refractivity contribution is 5.85. The van der Waals surface area contributed by atoms with Crippen LogP contribution >= 0.6 is 12.4 Å². The molecule has 0 saturated heterocycles. The highest BCUT2D eigenvalue weighted by Gasteiger charge is 2.24. The van der Waals surface area contributed by atoms with Gasteiger partial charge in [-0.3, -0.25) is 0 Å². The van der Waals surface area contributed by atoms with Crippen molar-refractivity contribution >= 4 is 23.4 Å². The van der Waals surface area contributed by atoms with Gasteiger partial charge < -0.3 is 14.4 Å². The molecule has 150 valence electrons. The molecule has 0 amide bonds. The van der Waals surface area contributed by atoms with Crippen molar-refractivity contribution in [2.45, 2.75) is 58.1 Å². The van der Waals surface area contributed by atoms with Gasteiger partial charge in [-0.05, 0) is 62.1 Å². The molecule has 2 aromatic carbocycles. The molecule has 1 aliphatic carbocycles. The van der Waals surface area contributed by atoms with E-state index < -0.39 is 6.10 Å². The molecule has 0 aliphatic heterocycles. The maximum atomic E-state index is 10.7. The number of aromatic nitrogens is 2. The van der Waals surface area contributed by atoms with Gasteiger partial charge in [-0.1, -0.05) is 31.0 Å². The smallest absolute Gasteiger partial charge is 0.119 e. The molecule has 28 heavy (non-hydrogen) atoms. The minimum atomic E-state index is -0.579. The number of aryl methyl sites for hydroxylation is 2. The summed E-state index contributed by atoms with van der Waals surface area (Å²) in [6.45, 7) is 4.95. The van der Waals surface area contributed by atoms with Gasteiger partial charge in [0.25, 0.3) is 0 Å². The summed E-state index contributed by atoms with van der Waals surface area (Å²) in [7, 11) is 0. The Labute approximate surface area is 173 Å². The summed E-state index contributed by atoms with van der Waals surface area (Å²) in [4.78, 5) is 4.90. The molecular weight excluding hydrogens is 372 g/mol. The number of imidazole rings is 1. The van der Waals surface area contributed by atoms with Crippen LogP contribution in [0.25, 0.3) is 11.0 Å². The summed E-state index contributed by atoms with van der Waals surface area (Å²) in [5.41, 5.74) is 4.56. The third kappa shape index (κ3) is 4.34. The summed E-state index contributed by atoms with van der Waals surface area (Å²) in [5.74, 6) is 2.44. The van der Waals surface area contributed by atoms with E-state index in [1.165, 1.54) is 36.8 Å². The van der Waals surface area contributed by atoms with Crippen LogP contribution in [-0.4, -0.2) is 27.4 Å². The predicted molar refractivity (Wildman–Crippen MR) is 116 cm³/mol. The zero-order valence-corrected chi connectivity index (χ0v) is 17.4. The average Bonchev–Trinajstić information content (AvgIpc) is 3.31. The highest BCUT2D eigenvalue weighted by Crippen LogP contribution is 2.35. The molecule has 1 heterocycles. The number of ether oxygens (including phenoxy) is 1. The fourth-order valence-electron chi connectivity index (χ4n) is 4.04. The van der Waals surface area contributed by atoms with E-state index in [0.717, 1.165) is 22.6 Å². The lowest BCUT2D eigenvalue weighted by molar-refractivity contribution is 0.0924. The minimum Gasteiger partial charge on any atom is -0.491 e. The third-order valence-electron chi connectivity index (χ3n) is 5.72. The molecule has 1 fully saturated rings. The molecule has 1 atom stereocenters. The van der Waals surface area contributed by atoms with Crippen molar-refractivity contribution in [2.24, 2.45) is 0 Å². The van der Waals surface area contributed by atoms with Gasteiger partial charge in [0.1, 0.15) is 24.3 Å². The van der Waals surface area contributed by atoms with E-state index in [4.69, 9.17) is 9.72 Å². The molecule has 0 spiro atoms. The lowest BCUT2D eigenvalue weighted by Gasteiger charge is -2.18. The normalized spacial score (nSPS) is 15.5. The number of halogens is 1. The molecule has 1 N–H and O–H groups in total. The van der Waals surface area contributed by atoms with Gasteiger partial charge in [-0.25, -0.2) is 4.98 Å². The lowest BCUT2D eigenvalue weighted by Crippen LogP contribution is -2.25. The van der Waals surface area contributed by atoms with Gasteiger partial charge in [-0.2, -0.15) is 0 Å². The number of hydrogen-bond donors (Lipinski definition) is 1. The molecule has 1 unspecified atom stereocenters. The second-order valence-corrected chi connectivity index (χ2v) is 7.76. The van der Waals surface area contributed by atoms with E-state index in [2.05, 4.69) is 36.6 Å². The van der Waals surface area contributed by atoms with Crippen LogP contribution in [0.15, 0.2) is 42.5 Å². The number of aliphatic hydroxyl groups excluding tert-OH is 1. The zero-order chi connectivity index (χ0) is 18.8. The first kappa shape index (κ1) is 20.7. The first-order valence-corrected chi connectivity index (χ1v) is 9.95. The number of fused-ring (bicyclic) bond motifs is 1. The molecule has 0 radical (unpaired) electrons. The zero-order valence-electron chi connectivity index (χ0n) is 16.6. The van der Waals surface area contributed by atoms with Crippen molar-refractivity contribution in [3.05, 3.63) is 59.4 Å². The Hall–Kier alpha value is -2.04. The van der Waals surface area contributed by atoms with Crippen LogP contribution < -0.4 is 4.74 Å². The Kier molecular flexibility index (Phi) is 6.63. The van der Waals surface area contributed by atoms with Crippen LogP contribution in [-0.2, 0) is 6.54 Å². The van der Waals surface area contributed by atoms with Gasteiger partial charge >= 0.3 is 0 Å². The quantitative estimate of drug-likeness (QED) is 0.620. The van der Waals surface area contributed by atoms with Crippen molar-refractivity contribution in [2.75, 3.05) is 6.61 Å². The Morgan fingerprint density at radius 3 is 2.61 bits per heavy atom. The summed E-state index contributed by atoms with van der Waals surface area (Å²) in [6.07, 6.45) is 4.35. The Balaban J connectivity index is 0.00000225. The van der Waals surface area contributed by atoms with Crippen LogP contribution in [0.2, 0.25) is 0 Å². The first-order chi connectivity index (χ1) is 13.1. The van der Waals surface area contributed by atoms with Crippen molar-refractivity contribution < 1.29 is 9.84 Å². The van der Waals surface area contributed by atoms with Gasteiger partial charge in [-0.15, -0.1) is 12.4 Å². The van der Waals surface area contributed by atoms with Crippen molar-refractivity contribution in [1.82, 2.24) is 9.55 Å². The minimum absolute atomic E-state index is 0. The average molecular weight is 401 g/mol. The van der Waals surface area contributed by atoms with Gasteiger partial charge in [0.2, 0.25) is 0 Å². The first-order valence-electron chi connectivity index (χ1n) is 9.95. The monoisotopic (exact) mass is 400 g/mol. The molecule has 1 saturated carbocycles. The number of benzene rings is 2. The molecule has 4 rings (SSSR count). The summed E-state index contributed by atoms with van der Waals surface area (Å²) >= 11 is 0. The van der Waals surface area contributed by atoms with Gasteiger partial charge in [0.05, 0.1) is 17.6 Å². The maximum absolute atomic E-state index is 10.7. The van der Waals surface area contributed by atoms with E-state index in [1.54, 1.807) is 0 Å². The van der Waals surface area contributed by atoms with Crippen LogP contribution in [0.4, 0.5) is 0 Å². The van der Waals surface area contributed by atoms with Gasteiger partial charge in [0, 0.05) is 5.92 Å². The Bertz CT molecular complexity index is 931. The molecule has 4 nitrogen and oxygen atoms in total. The van der Waals surface area contributed by atoms with Crippen molar-refractivity contribution in [3.63, 3.8) is 0 Å². The van der Waals surface area contributed by atoms with Crippen LogP contribution in [0.1, 0.15) is 48.6 Å². The maximum Gasteiger partial charge on any atom is 0.119 e. The lowest BCUT2D eigenvalue weighted by atomic mass is 10.1. The molecule has 3 aromatic rings. The fourth-order valence-corrected chi connectivity index (χ4v) is 4.04. The van der Waals surface area contributed by atoms with Gasteiger partial charge in [0.15, 0.2) is 0 Å². The number of para-hydroxylation sites is 2. The van der Waals surface area contributed by atoms with Crippen LogP contribution in [0, 0.1) is 13.8 Å². The van der Waals surface area contributed by atoms with Crippen molar-refractivity contribution in [3.8, 4) is 5.75 Å². The topological polar surface area (TPSA) is 47.3 Å². The van der Waals surface area contributed by atoms with E-state index in [1.807, 2.05) is 24.3 Å². The molecule has 1 aliphatic rings. The Morgan fingerprint density at radius 2 is 1.86 bits per heavy atom. The predicted octanol–water partition coefficient (Wildman–Crippen LogP) is 5.17. The van der Waals surface area contributed by atoms with Crippen LogP contribution in [0.3, 0.4) is 0 Å². The van der Waals surface area contributed by atoms with Crippen LogP contribution in [0.5, 0.6) is 5.75 Å². The van der Waals surface area contributed by atoms with E-state index in [9.17, 15) is 5.11 Å². The van der Waals surface area contributed by atoms with Crippen molar-refractivity contribution in [1.29, 1.82) is 0 Å². The molecule has 1 aromatic heterocycles. The molecular formula is C23H29ClN2O2. The van der Waals surface area contributed by atoms with E-state index in [0.29, 0.717) is 12.5 Å². The SMILES string of the molecule is Cc1ccc(OCC(O)Cn2c(C3CCCC3)nc3ccccc32)cc1C.Cl. The Morgan fingerprint density at radius 1 is 1.11 bits per heavy atom. The summed E-state index contributed by atoms with van der Waals surface area (Å²) < 4.78 is 8.05. The number of rotatable bonds is 6. The number of nitrogens with zero attached hydrogens (tertiary/aromatic N) is 2. The molecule has 5 heteroatoms. The van der Waals surface area contributed by atoms with E-state index >= 15 is 0 Å². The third-order valence-corrected chi connectivity index (χ3v) is 5.72. The summed E-state index contributed by atoms with van der Waals surface area (Å²) in [5, 5.41) is 10.7. The van der Waals surface area contributed by atoms with E-state index in [-0.39, 0.29) is 19.0 Å². The second kappa shape index (κ2) is 8.97. The second-order valence-electron chi connectivity index (χ2n) is 7.76. The fraction of sp³-hybridized carbons (Fsp3) is 0.435. The summed E-state index contributed by atoms with van der Waals surface area (Å²) in [6, 6.07) is 14.3. The molecule has 0 bridgehead atoms. The largest absolute Gasteiger partial charge is 0.491 e. The standard InChI is InChI=1S/C23H28N2O2.ClH/c1-16-11-12-20(13-17(16)2)27-15-19(26)14-25-22-10-6-5-9-21(22)24-23(25)18-7-3-4-8-18;/h5-6,9-13,18-19,26H,3-4,7-8,14-15H2,1-2H3;1H. The highest BCUT2D eigenvalue weighted by atomic mass is 35.5. The number of hydrogen-bond acceptors (Lipinski definition) is 3.